The van der Waals surface area contributed by atoms with Gasteiger partial charge in [0.1, 0.15) is 0 Å². The molecule has 20 heavy (non-hydrogen) atoms. The third-order valence-corrected chi connectivity index (χ3v) is 2.85. The molecule has 0 aliphatic carbocycles. The highest BCUT2D eigenvalue weighted by molar-refractivity contribution is 5.96. The molecule has 0 aliphatic rings. The Bertz CT molecular complexity index is 453. The van der Waals surface area contributed by atoms with Crippen molar-refractivity contribution in [1.82, 2.24) is 4.90 Å². The predicted molar refractivity (Wildman–Crippen MR) is 74.3 cm³/mol. The molecule has 0 unspecified atom stereocenters. The summed E-state index contributed by atoms with van der Waals surface area (Å²) in [6.45, 7) is 3.36. The second-order valence-corrected chi connectivity index (χ2v) is 4.43. The van der Waals surface area contributed by atoms with Crippen LogP contribution in [0.15, 0.2) is 18.2 Å². The van der Waals surface area contributed by atoms with Crippen LogP contribution in [-0.4, -0.2) is 48.6 Å². The molecule has 0 aliphatic heterocycles. The zero-order valence-corrected chi connectivity index (χ0v) is 11.7. The summed E-state index contributed by atoms with van der Waals surface area (Å²) in [6.07, 6.45) is -2.62. The molecule has 6 heteroatoms. The molecule has 0 saturated carbocycles. The summed E-state index contributed by atoms with van der Waals surface area (Å²) in [5.74, 6) is -0.486. The molecule has 1 aromatic carbocycles. The van der Waals surface area contributed by atoms with Crippen LogP contribution in [0.3, 0.4) is 0 Å². The Morgan fingerprint density at radius 3 is 2.65 bits per heavy atom. The fourth-order valence-corrected chi connectivity index (χ4v) is 1.95. The molecule has 0 fully saturated rings. The minimum Gasteiger partial charge on any atom is -0.395 e. The van der Waals surface area contributed by atoms with Crippen LogP contribution in [0.5, 0.6) is 0 Å². The van der Waals surface area contributed by atoms with Gasteiger partial charge in [0.25, 0.3) is 12.3 Å². The summed E-state index contributed by atoms with van der Waals surface area (Å²) in [4.78, 5) is 13.2. The molecule has 2 N–H and O–H groups in total. The first kappa shape index (κ1) is 16.4. The fraction of sp³-hybridized carbons (Fsp3) is 0.500. The first-order valence-corrected chi connectivity index (χ1v) is 6.52. The number of carbonyl (C=O) groups excluding carboxylic acids is 1. The number of aryl methyl sites for hydroxylation is 1. The van der Waals surface area contributed by atoms with Gasteiger partial charge in [-0.05, 0) is 37.6 Å². The maximum Gasteiger partial charge on any atom is 0.255 e. The molecule has 0 saturated heterocycles. The minimum absolute atomic E-state index is 0.0996. The second-order valence-electron chi connectivity index (χ2n) is 4.43. The number of anilines is 1. The topological polar surface area (TPSA) is 52.6 Å². The number of alkyl halides is 2. The lowest BCUT2D eigenvalue weighted by Crippen LogP contribution is -2.37. The Morgan fingerprint density at radius 1 is 1.45 bits per heavy atom. The molecule has 0 spiro atoms. The van der Waals surface area contributed by atoms with Crippen LogP contribution in [0.1, 0.15) is 22.8 Å². The average molecular weight is 286 g/mol. The standard InChI is InChI=1S/C14H20F2N2O2/c1-3-17-11-4-5-12(10(2)8-11)14(20)18(6-7-19)9-13(15)16/h4-5,8,13,17,19H,3,6-7,9H2,1-2H3. The lowest BCUT2D eigenvalue weighted by atomic mass is 10.1. The highest BCUT2D eigenvalue weighted by Gasteiger charge is 2.20. The predicted octanol–water partition coefficient (Wildman–Crippen LogP) is 2.13. The van der Waals surface area contributed by atoms with Gasteiger partial charge >= 0.3 is 0 Å². The normalized spacial score (nSPS) is 10.7. The zero-order chi connectivity index (χ0) is 15.1. The number of benzene rings is 1. The maximum absolute atomic E-state index is 12.5. The number of nitrogens with one attached hydrogen (secondary N) is 1. The van der Waals surface area contributed by atoms with E-state index in [9.17, 15) is 13.6 Å². The molecule has 0 heterocycles. The van der Waals surface area contributed by atoms with E-state index in [1.54, 1.807) is 25.1 Å². The average Bonchev–Trinajstić information content (AvgIpc) is 2.37. The molecule has 112 valence electrons. The third kappa shape index (κ3) is 4.45. The molecule has 0 atom stereocenters. The largest absolute Gasteiger partial charge is 0.395 e. The highest BCUT2D eigenvalue weighted by atomic mass is 19.3. The van der Waals surface area contributed by atoms with Crippen molar-refractivity contribution < 1.29 is 18.7 Å². The number of amides is 1. The van der Waals surface area contributed by atoms with Crippen LogP contribution < -0.4 is 5.32 Å². The van der Waals surface area contributed by atoms with Crippen molar-refractivity contribution >= 4 is 11.6 Å². The van der Waals surface area contributed by atoms with E-state index >= 15 is 0 Å². The van der Waals surface area contributed by atoms with Crippen molar-refractivity contribution in [2.75, 3.05) is 31.6 Å². The van der Waals surface area contributed by atoms with Gasteiger partial charge in [-0.25, -0.2) is 8.78 Å². The van der Waals surface area contributed by atoms with Gasteiger partial charge < -0.3 is 15.3 Å². The van der Waals surface area contributed by atoms with E-state index in [2.05, 4.69) is 5.32 Å². The van der Waals surface area contributed by atoms with E-state index in [1.165, 1.54) is 0 Å². The summed E-state index contributed by atoms with van der Waals surface area (Å²) in [6, 6.07) is 5.16. The summed E-state index contributed by atoms with van der Waals surface area (Å²) >= 11 is 0. The Morgan fingerprint density at radius 2 is 2.15 bits per heavy atom. The number of aliphatic hydroxyl groups excluding tert-OH is 1. The molecular weight excluding hydrogens is 266 g/mol. The van der Waals surface area contributed by atoms with Gasteiger partial charge in [-0.2, -0.15) is 0 Å². The van der Waals surface area contributed by atoms with Crippen molar-refractivity contribution in [3.63, 3.8) is 0 Å². The molecule has 0 bridgehead atoms. The number of carbonyl (C=O) groups is 1. The molecule has 0 aromatic heterocycles. The Kier molecular flexibility index (Phi) is 6.38. The lowest BCUT2D eigenvalue weighted by Gasteiger charge is -2.22. The number of aliphatic hydroxyl groups is 1. The number of hydrogen-bond donors (Lipinski definition) is 2. The Balaban J connectivity index is 2.93. The van der Waals surface area contributed by atoms with Crippen molar-refractivity contribution in [3.05, 3.63) is 29.3 Å². The van der Waals surface area contributed by atoms with Crippen molar-refractivity contribution in [2.24, 2.45) is 0 Å². The van der Waals surface area contributed by atoms with Gasteiger partial charge in [-0.3, -0.25) is 4.79 Å². The van der Waals surface area contributed by atoms with Gasteiger partial charge in [0.2, 0.25) is 0 Å². The molecule has 4 nitrogen and oxygen atoms in total. The van der Waals surface area contributed by atoms with E-state index in [4.69, 9.17) is 5.11 Å². The van der Waals surface area contributed by atoms with E-state index in [-0.39, 0.29) is 13.2 Å². The van der Waals surface area contributed by atoms with Crippen LogP contribution in [0.4, 0.5) is 14.5 Å². The zero-order valence-electron chi connectivity index (χ0n) is 11.7. The van der Waals surface area contributed by atoms with Crippen LogP contribution in [0.2, 0.25) is 0 Å². The first-order valence-electron chi connectivity index (χ1n) is 6.52. The first-order chi connectivity index (χ1) is 9.49. The number of hydrogen-bond acceptors (Lipinski definition) is 3. The minimum atomic E-state index is -2.62. The van der Waals surface area contributed by atoms with E-state index in [0.717, 1.165) is 17.1 Å². The van der Waals surface area contributed by atoms with Crippen molar-refractivity contribution in [3.8, 4) is 0 Å². The second kappa shape index (κ2) is 7.79. The fourth-order valence-electron chi connectivity index (χ4n) is 1.95. The van der Waals surface area contributed by atoms with Crippen molar-refractivity contribution in [1.29, 1.82) is 0 Å². The Hall–Kier alpha value is -1.69. The number of nitrogens with zero attached hydrogens (tertiary/aromatic N) is 1. The number of rotatable bonds is 7. The van der Waals surface area contributed by atoms with Gasteiger partial charge in [0.05, 0.1) is 13.2 Å². The highest BCUT2D eigenvalue weighted by Crippen LogP contribution is 2.17. The van der Waals surface area contributed by atoms with Crippen LogP contribution in [0.25, 0.3) is 0 Å². The Labute approximate surface area is 117 Å². The van der Waals surface area contributed by atoms with E-state index in [0.29, 0.717) is 11.1 Å². The van der Waals surface area contributed by atoms with Crippen LogP contribution in [0, 0.1) is 6.92 Å². The molecule has 1 amide bonds. The van der Waals surface area contributed by atoms with Gasteiger partial charge in [-0.1, -0.05) is 0 Å². The monoisotopic (exact) mass is 286 g/mol. The van der Waals surface area contributed by atoms with Crippen molar-refractivity contribution in [2.45, 2.75) is 20.3 Å². The SMILES string of the molecule is CCNc1ccc(C(=O)N(CCO)CC(F)F)c(C)c1. The number of halogens is 2. The molecule has 0 radical (unpaired) electrons. The van der Waals surface area contributed by atoms with Crippen LogP contribution >= 0.6 is 0 Å². The maximum atomic E-state index is 12.5. The summed E-state index contributed by atoms with van der Waals surface area (Å²) in [5, 5.41) is 12.0. The van der Waals surface area contributed by atoms with E-state index < -0.39 is 18.9 Å². The molecule has 1 rings (SSSR count). The van der Waals surface area contributed by atoms with Gasteiger partial charge in [0.15, 0.2) is 0 Å². The quantitative estimate of drug-likeness (QED) is 0.807. The molecular formula is C14H20F2N2O2. The summed E-state index contributed by atoms with van der Waals surface area (Å²) < 4.78 is 24.9. The smallest absolute Gasteiger partial charge is 0.255 e. The third-order valence-electron chi connectivity index (χ3n) is 2.85. The van der Waals surface area contributed by atoms with Crippen LogP contribution in [-0.2, 0) is 0 Å². The van der Waals surface area contributed by atoms with Gasteiger partial charge in [0, 0.05) is 24.3 Å². The molecule has 1 aromatic rings. The summed E-state index contributed by atoms with van der Waals surface area (Å²) in [5.41, 5.74) is 1.97. The summed E-state index contributed by atoms with van der Waals surface area (Å²) in [7, 11) is 0. The lowest BCUT2D eigenvalue weighted by molar-refractivity contribution is 0.0508. The van der Waals surface area contributed by atoms with Gasteiger partial charge in [-0.15, -0.1) is 0 Å². The van der Waals surface area contributed by atoms with E-state index in [1.807, 2.05) is 6.92 Å².